The van der Waals surface area contributed by atoms with Crippen molar-refractivity contribution in [3.63, 3.8) is 0 Å². The standard InChI is InChI=1S/C19H25N3O4/c1-14-20-18(21-26-14)8-10-25-17-7-4-9-22(13-17)19(23)12-15-5-3-6-16(11-15)24-2/h3,5-6,11,17H,4,7-10,12-13H2,1-2H3. The van der Waals surface area contributed by atoms with Crippen molar-refractivity contribution in [2.45, 2.75) is 38.7 Å². The van der Waals surface area contributed by atoms with Gasteiger partial charge in [0, 0.05) is 26.4 Å². The number of aryl methyl sites for hydroxylation is 1. The van der Waals surface area contributed by atoms with Crippen LogP contribution in [0.15, 0.2) is 28.8 Å². The normalized spacial score (nSPS) is 17.3. The second kappa shape index (κ2) is 8.80. The fourth-order valence-corrected chi connectivity index (χ4v) is 3.13. The van der Waals surface area contributed by atoms with Crippen molar-refractivity contribution in [1.82, 2.24) is 15.0 Å². The van der Waals surface area contributed by atoms with Gasteiger partial charge in [0.05, 0.1) is 26.2 Å². The topological polar surface area (TPSA) is 77.7 Å². The van der Waals surface area contributed by atoms with E-state index in [9.17, 15) is 4.79 Å². The van der Waals surface area contributed by atoms with Gasteiger partial charge in [-0.05, 0) is 30.5 Å². The van der Waals surface area contributed by atoms with Crippen LogP contribution in [0.2, 0.25) is 0 Å². The molecule has 0 spiro atoms. The number of hydrogen-bond donors (Lipinski definition) is 0. The van der Waals surface area contributed by atoms with Crippen LogP contribution in [-0.4, -0.2) is 53.9 Å². The van der Waals surface area contributed by atoms with Crippen LogP contribution >= 0.6 is 0 Å². The Morgan fingerprint density at radius 2 is 2.31 bits per heavy atom. The van der Waals surface area contributed by atoms with Crippen molar-refractivity contribution in [3.05, 3.63) is 41.5 Å². The van der Waals surface area contributed by atoms with Crippen molar-refractivity contribution in [3.8, 4) is 5.75 Å². The molecule has 3 rings (SSSR count). The van der Waals surface area contributed by atoms with Crippen LogP contribution in [0.25, 0.3) is 0 Å². The monoisotopic (exact) mass is 359 g/mol. The molecular weight excluding hydrogens is 334 g/mol. The van der Waals surface area contributed by atoms with Gasteiger partial charge < -0.3 is 18.9 Å². The number of carbonyl (C=O) groups is 1. The van der Waals surface area contributed by atoms with Gasteiger partial charge in [0.15, 0.2) is 5.82 Å². The Morgan fingerprint density at radius 1 is 1.42 bits per heavy atom. The van der Waals surface area contributed by atoms with E-state index in [4.69, 9.17) is 14.0 Å². The Hall–Kier alpha value is -2.41. The number of methoxy groups -OCH3 is 1. The number of carbonyl (C=O) groups excluding carboxylic acids is 1. The van der Waals surface area contributed by atoms with Crippen LogP contribution in [0.3, 0.4) is 0 Å². The molecular formula is C19H25N3O4. The molecule has 0 saturated carbocycles. The molecule has 7 nitrogen and oxygen atoms in total. The predicted molar refractivity (Wildman–Crippen MR) is 95.0 cm³/mol. The SMILES string of the molecule is COc1cccc(CC(=O)N2CCCC(OCCc3noc(C)n3)C2)c1. The zero-order chi connectivity index (χ0) is 18.4. The molecule has 1 atom stereocenters. The summed E-state index contributed by atoms with van der Waals surface area (Å²) < 4.78 is 16.1. The maximum absolute atomic E-state index is 12.6. The van der Waals surface area contributed by atoms with Crippen molar-refractivity contribution in [2.24, 2.45) is 0 Å². The molecule has 2 heterocycles. The molecule has 26 heavy (non-hydrogen) atoms. The molecule has 1 aliphatic heterocycles. The van der Waals surface area contributed by atoms with E-state index >= 15 is 0 Å². The van der Waals surface area contributed by atoms with Crippen LogP contribution in [0, 0.1) is 6.92 Å². The van der Waals surface area contributed by atoms with E-state index in [2.05, 4.69) is 10.1 Å². The summed E-state index contributed by atoms with van der Waals surface area (Å²) in [6.07, 6.45) is 2.98. The highest BCUT2D eigenvalue weighted by Gasteiger charge is 2.24. The molecule has 1 saturated heterocycles. The fraction of sp³-hybridized carbons (Fsp3) is 0.526. The van der Waals surface area contributed by atoms with E-state index in [1.807, 2.05) is 29.2 Å². The first-order valence-electron chi connectivity index (χ1n) is 8.95. The molecule has 1 fully saturated rings. The van der Waals surface area contributed by atoms with Crippen LogP contribution in [0.5, 0.6) is 5.75 Å². The Kier molecular flexibility index (Phi) is 6.22. The molecule has 0 aliphatic carbocycles. The van der Waals surface area contributed by atoms with Gasteiger partial charge in [-0.1, -0.05) is 17.3 Å². The zero-order valence-electron chi connectivity index (χ0n) is 15.3. The first-order valence-corrected chi connectivity index (χ1v) is 8.95. The number of amides is 1. The molecule has 7 heteroatoms. The molecule has 1 aromatic heterocycles. The van der Waals surface area contributed by atoms with Gasteiger partial charge in [-0.15, -0.1) is 0 Å². The second-order valence-electron chi connectivity index (χ2n) is 6.48. The number of piperidine rings is 1. The number of ether oxygens (including phenoxy) is 2. The molecule has 1 amide bonds. The van der Waals surface area contributed by atoms with Crippen molar-refractivity contribution < 1.29 is 18.8 Å². The Balaban J connectivity index is 1.46. The predicted octanol–water partition coefficient (Wildman–Crippen LogP) is 2.18. The largest absolute Gasteiger partial charge is 0.497 e. The highest BCUT2D eigenvalue weighted by Crippen LogP contribution is 2.17. The van der Waals surface area contributed by atoms with Gasteiger partial charge in [-0.25, -0.2) is 0 Å². The highest BCUT2D eigenvalue weighted by molar-refractivity contribution is 5.79. The average Bonchev–Trinajstić information content (AvgIpc) is 3.07. The van der Waals surface area contributed by atoms with Crippen molar-refractivity contribution in [2.75, 3.05) is 26.8 Å². The first kappa shape index (κ1) is 18.4. The second-order valence-corrected chi connectivity index (χ2v) is 6.48. The van der Waals surface area contributed by atoms with Crippen LogP contribution in [0.1, 0.15) is 30.1 Å². The lowest BCUT2D eigenvalue weighted by Crippen LogP contribution is -2.44. The molecule has 1 aliphatic rings. The minimum absolute atomic E-state index is 0.0611. The summed E-state index contributed by atoms with van der Waals surface area (Å²) in [5, 5.41) is 3.86. The lowest BCUT2D eigenvalue weighted by atomic mass is 10.1. The maximum Gasteiger partial charge on any atom is 0.227 e. The van der Waals surface area contributed by atoms with Gasteiger partial charge in [0.2, 0.25) is 11.8 Å². The number of aromatic nitrogens is 2. The molecule has 0 radical (unpaired) electrons. The van der Waals surface area contributed by atoms with Crippen LogP contribution in [-0.2, 0) is 22.4 Å². The molecule has 2 aromatic rings. The van der Waals surface area contributed by atoms with Gasteiger partial charge >= 0.3 is 0 Å². The van der Waals surface area contributed by atoms with E-state index < -0.39 is 0 Å². The maximum atomic E-state index is 12.6. The molecule has 0 bridgehead atoms. The Morgan fingerprint density at radius 3 is 3.08 bits per heavy atom. The van der Waals surface area contributed by atoms with Gasteiger partial charge in [-0.3, -0.25) is 4.79 Å². The van der Waals surface area contributed by atoms with E-state index in [1.54, 1.807) is 14.0 Å². The molecule has 140 valence electrons. The fourth-order valence-electron chi connectivity index (χ4n) is 3.13. The van der Waals surface area contributed by atoms with E-state index in [-0.39, 0.29) is 12.0 Å². The number of rotatable bonds is 7. The summed E-state index contributed by atoms with van der Waals surface area (Å²) in [5.41, 5.74) is 0.963. The smallest absolute Gasteiger partial charge is 0.227 e. The summed E-state index contributed by atoms with van der Waals surface area (Å²) in [6, 6.07) is 7.64. The number of hydrogen-bond acceptors (Lipinski definition) is 6. The van der Waals surface area contributed by atoms with Gasteiger partial charge in [0.1, 0.15) is 5.75 Å². The van der Waals surface area contributed by atoms with Crippen LogP contribution in [0.4, 0.5) is 0 Å². The van der Waals surface area contributed by atoms with Gasteiger partial charge in [0.25, 0.3) is 0 Å². The van der Waals surface area contributed by atoms with Crippen molar-refractivity contribution in [1.29, 1.82) is 0 Å². The van der Waals surface area contributed by atoms with Crippen LogP contribution < -0.4 is 4.74 Å². The molecule has 1 unspecified atom stereocenters. The quantitative estimate of drug-likeness (QED) is 0.754. The lowest BCUT2D eigenvalue weighted by molar-refractivity contribution is -0.134. The highest BCUT2D eigenvalue weighted by atomic mass is 16.5. The minimum Gasteiger partial charge on any atom is -0.497 e. The number of likely N-dealkylation sites (tertiary alicyclic amines) is 1. The number of nitrogens with zero attached hydrogens (tertiary/aromatic N) is 3. The third-order valence-electron chi connectivity index (χ3n) is 4.47. The van der Waals surface area contributed by atoms with E-state index in [1.165, 1.54) is 0 Å². The summed E-state index contributed by atoms with van der Waals surface area (Å²) >= 11 is 0. The minimum atomic E-state index is 0.0611. The average molecular weight is 359 g/mol. The summed E-state index contributed by atoms with van der Waals surface area (Å²) in [6.45, 7) is 3.71. The zero-order valence-corrected chi connectivity index (χ0v) is 15.3. The summed E-state index contributed by atoms with van der Waals surface area (Å²) in [5.74, 6) is 2.11. The summed E-state index contributed by atoms with van der Waals surface area (Å²) in [7, 11) is 1.63. The third-order valence-corrected chi connectivity index (χ3v) is 4.47. The first-order chi connectivity index (χ1) is 12.6. The summed E-state index contributed by atoms with van der Waals surface area (Å²) in [4.78, 5) is 18.7. The van der Waals surface area contributed by atoms with E-state index in [0.717, 1.165) is 30.7 Å². The van der Waals surface area contributed by atoms with Crippen molar-refractivity contribution >= 4 is 5.91 Å². The number of benzene rings is 1. The lowest BCUT2D eigenvalue weighted by Gasteiger charge is -2.32. The van der Waals surface area contributed by atoms with Gasteiger partial charge in [-0.2, -0.15) is 4.98 Å². The molecule has 0 N–H and O–H groups in total. The van der Waals surface area contributed by atoms with E-state index in [0.29, 0.717) is 37.7 Å². The Bertz CT molecular complexity index is 731. The Labute approximate surface area is 153 Å². The third kappa shape index (κ3) is 5.05. The molecule has 1 aromatic carbocycles.